The smallest absolute Gasteiger partial charge is 0.243 e. The first-order chi connectivity index (χ1) is 13.9. The van der Waals surface area contributed by atoms with Crippen molar-refractivity contribution in [1.29, 1.82) is 0 Å². The average molecular weight is 398 g/mol. The maximum atomic E-state index is 12.3. The lowest BCUT2D eigenvalue weighted by atomic mass is 10.1. The van der Waals surface area contributed by atoms with E-state index in [1.807, 2.05) is 55.5 Å². The normalized spacial score (nSPS) is 11.4. The van der Waals surface area contributed by atoms with E-state index in [-0.39, 0.29) is 24.5 Å². The summed E-state index contributed by atoms with van der Waals surface area (Å²) in [6.07, 6.45) is 2.17. The van der Waals surface area contributed by atoms with Gasteiger partial charge in [-0.05, 0) is 49.6 Å². The molecule has 0 bridgehead atoms. The molecule has 29 heavy (non-hydrogen) atoms. The zero-order valence-corrected chi connectivity index (χ0v) is 17.7. The number of nitrogens with zero attached hydrogens (tertiary/aromatic N) is 1. The topological polar surface area (TPSA) is 70.7 Å². The molecule has 0 aliphatic carbocycles. The van der Waals surface area contributed by atoms with Gasteiger partial charge in [0.05, 0.1) is 12.6 Å². The minimum Gasteiger partial charge on any atom is -0.491 e. The molecule has 0 aliphatic rings. The molecule has 0 aliphatic heterocycles. The van der Waals surface area contributed by atoms with Gasteiger partial charge in [-0.15, -0.1) is 0 Å². The Labute approximate surface area is 173 Å². The van der Waals surface area contributed by atoms with Crippen molar-refractivity contribution in [2.24, 2.45) is 0 Å². The standard InChI is InChI=1S/C23H31N3O3/c1-5-17(2)29-21-11-7-9-19(15-21)24-16-22(27)25-20-10-6-8-18(14-20)12-13-23(28)26(3)4/h6-11,14-15,17,24H,5,12-13,16H2,1-4H3,(H,25,27). The van der Waals surface area contributed by atoms with Crippen molar-refractivity contribution >= 4 is 23.2 Å². The SMILES string of the molecule is CCC(C)Oc1cccc(NCC(=O)Nc2cccc(CCC(=O)N(C)C)c2)c1. The highest BCUT2D eigenvalue weighted by Gasteiger charge is 2.07. The van der Waals surface area contributed by atoms with Gasteiger partial charge in [0, 0.05) is 38.0 Å². The second-order valence-corrected chi connectivity index (χ2v) is 7.25. The monoisotopic (exact) mass is 397 g/mol. The van der Waals surface area contributed by atoms with Crippen LogP contribution in [0, 0.1) is 0 Å². The van der Waals surface area contributed by atoms with Crippen LogP contribution in [0.3, 0.4) is 0 Å². The van der Waals surface area contributed by atoms with Gasteiger partial charge in [-0.2, -0.15) is 0 Å². The molecule has 156 valence electrons. The number of carbonyl (C=O) groups excluding carboxylic acids is 2. The number of carbonyl (C=O) groups is 2. The van der Waals surface area contributed by atoms with Gasteiger partial charge in [-0.3, -0.25) is 9.59 Å². The summed E-state index contributed by atoms with van der Waals surface area (Å²) in [7, 11) is 3.50. The molecule has 2 aromatic rings. The number of hydrogen-bond donors (Lipinski definition) is 2. The molecule has 6 nitrogen and oxygen atoms in total. The molecule has 0 aromatic heterocycles. The lowest BCUT2D eigenvalue weighted by Gasteiger charge is -2.14. The van der Waals surface area contributed by atoms with Gasteiger partial charge in [0.15, 0.2) is 0 Å². The summed E-state index contributed by atoms with van der Waals surface area (Å²) in [5.41, 5.74) is 2.57. The van der Waals surface area contributed by atoms with E-state index in [2.05, 4.69) is 17.6 Å². The van der Waals surface area contributed by atoms with Crippen molar-refractivity contribution in [2.45, 2.75) is 39.2 Å². The predicted octanol–water partition coefficient (Wildman–Crippen LogP) is 3.94. The van der Waals surface area contributed by atoms with Gasteiger partial charge in [-0.1, -0.05) is 25.1 Å². The van der Waals surface area contributed by atoms with E-state index in [0.717, 1.165) is 29.1 Å². The summed E-state index contributed by atoms with van der Waals surface area (Å²) in [4.78, 5) is 25.6. The van der Waals surface area contributed by atoms with E-state index < -0.39 is 0 Å². The van der Waals surface area contributed by atoms with Crippen molar-refractivity contribution in [1.82, 2.24) is 4.90 Å². The Morgan fingerprint density at radius 1 is 1.07 bits per heavy atom. The molecular weight excluding hydrogens is 366 g/mol. The first-order valence-corrected chi connectivity index (χ1v) is 9.97. The van der Waals surface area contributed by atoms with Crippen molar-refractivity contribution in [2.75, 3.05) is 31.3 Å². The molecule has 2 N–H and O–H groups in total. The molecule has 6 heteroatoms. The Morgan fingerprint density at radius 3 is 2.52 bits per heavy atom. The van der Waals surface area contributed by atoms with Crippen LogP contribution in [0.1, 0.15) is 32.3 Å². The number of anilines is 2. The molecule has 0 radical (unpaired) electrons. The fourth-order valence-corrected chi connectivity index (χ4v) is 2.66. The van der Waals surface area contributed by atoms with Crippen LogP contribution in [-0.2, 0) is 16.0 Å². The van der Waals surface area contributed by atoms with Crippen LogP contribution in [0.2, 0.25) is 0 Å². The largest absolute Gasteiger partial charge is 0.491 e. The molecule has 2 aromatic carbocycles. The van der Waals surface area contributed by atoms with Crippen LogP contribution in [-0.4, -0.2) is 43.5 Å². The molecule has 0 saturated carbocycles. The highest BCUT2D eigenvalue weighted by atomic mass is 16.5. The van der Waals surface area contributed by atoms with E-state index in [0.29, 0.717) is 12.8 Å². The highest BCUT2D eigenvalue weighted by molar-refractivity contribution is 5.93. The Bertz CT molecular complexity index is 821. The fraction of sp³-hybridized carbons (Fsp3) is 0.391. The molecule has 0 spiro atoms. The summed E-state index contributed by atoms with van der Waals surface area (Å²) in [5.74, 6) is 0.729. The lowest BCUT2D eigenvalue weighted by molar-refractivity contribution is -0.128. The Hall–Kier alpha value is -3.02. The quantitative estimate of drug-likeness (QED) is 0.637. The van der Waals surface area contributed by atoms with Crippen LogP contribution >= 0.6 is 0 Å². The zero-order valence-electron chi connectivity index (χ0n) is 17.7. The van der Waals surface area contributed by atoms with Crippen molar-refractivity contribution in [3.05, 3.63) is 54.1 Å². The number of nitrogens with one attached hydrogen (secondary N) is 2. The minimum atomic E-state index is -0.139. The summed E-state index contributed by atoms with van der Waals surface area (Å²) in [6, 6.07) is 15.2. The van der Waals surface area contributed by atoms with Crippen LogP contribution in [0.5, 0.6) is 5.75 Å². The Balaban J connectivity index is 1.86. The second kappa shape index (κ2) is 11.1. The van der Waals surface area contributed by atoms with E-state index >= 15 is 0 Å². The Kier molecular flexibility index (Phi) is 8.52. The number of hydrogen-bond acceptors (Lipinski definition) is 4. The number of benzene rings is 2. The molecule has 2 amide bonds. The van der Waals surface area contributed by atoms with Gasteiger partial charge >= 0.3 is 0 Å². The maximum absolute atomic E-state index is 12.3. The third-order valence-electron chi connectivity index (χ3n) is 4.54. The molecule has 0 heterocycles. The number of amides is 2. The maximum Gasteiger partial charge on any atom is 0.243 e. The van der Waals surface area contributed by atoms with Crippen molar-refractivity contribution in [3.8, 4) is 5.75 Å². The van der Waals surface area contributed by atoms with E-state index in [4.69, 9.17) is 4.74 Å². The molecule has 0 saturated heterocycles. The van der Waals surface area contributed by atoms with E-state index in [9.17, 15) is 9.59 Å². The first-order valence-electron chi connectivity index (χ1n) is 9.97. The van der Waals surface area contributed by atoms with Gasteiger partial charge in [-0.25, -0.2) is 0 Å². The molecular formula is C23H31N3O3. The van der Waals surface area contributed by atoms with Gasteiger partial charge in [0.2, 0.25) is 11.8 Å². The zero-order chi connectivity index (χ0) is 21.2. The highest BCUT2D eigenvalue weighted by Crippen LogP contribution is 2.19. The number of ether oxygens (including phenoxy) is 1. The van der Waals surface area contributed by atoms with Crippen molar-refractivity contribution < 1.29 is 14.3 Å². The minimum absolute atomic E-state index is 0.0863. The predicted molar refractivity (Wildman–Crippen MR) is 117 cm³/mol. The molecule has 0 fully saturated rings. The third kappa shape index (κ3) is 7.86. The first kappa shape index (κ1) is 22.3. The van der Waals surface area contributed by atoms with Gasteiger partial charge in [0.1, 0.15) is 5.75 Å². The Morgan fingerprint density at radius 2 is 1.79 bits per heavy atom. The molecule has 1 unspecified atom stereocenters. The second-order valence-electron chi connectivity index (χ2n) is 7.25. The average Bonchev–Trinajstić information content (AvgIpc) is 2.71. The molecule has 1 atom stereocenters. The molecule has 2 rings (SSSR count). The number of rotatable bonds is 10. The van der Waals surface area contributed by atoms with Crippen LogP contribution in [0.25, 0.3) is 0 Å². The fourth-order valence-electron chi connectivity index (χ4n) is 2.66. The third-order valence-corrected chi connectivity index (χ3v) is 4.54. The summed E-state index contributed by atoms with van der Waals surface area (Å²) in [6.45, 7) is 4.25. The van der Waals surface area contributed by atoms with Crippen LogP contribution < -0.4 is 15.4 Å². The van der Waals surface area contributed by atoms with Gasteiger partial charge in [0.25, 0.3) is 0 Å². The van der Waals surface area contributed by atoms with Crippen LogP contribution in [0.4, 0.5) is 11.4 Å². The van der Waals surface area contributed by atoms with E-state index in [1.165, 1.54) is 0 Å². The lowest BCUT2D eigenvalue weighted by Crippen LogP contribution is -2.22. The number of aryl methyl sites for hydroxylation is 1. The van der Waals surface area contributed by atoms with Gasteiger partial charge < -0.3 is 20.3 Å². The van der Waals surface area contributed by atoms with Crippen molar-refractivity contribution in [3.63, 3.8) is 0 Å². The summed E-state index contributed by atoms with van der Waals surface area (Å²) < 4.78 is 5.81. The summed E-state index contributed by atoms with van der Waals surface area (Å²) in [5, 5.41) is 6.01. The summed E-state index contributed by atoms with van der Waals surface area (Å²) >= 11 is 0. The van der Waals surface area contributed by atoms with E-state index in [1.54, 1.807) is 19.0 Å². The van der Waals surface area contributed by atoms with Crippen LogP contribution in [0.15, 0.2) is 48.5 Å².